The molecular weight excluding hydrogens is 514 g/mol. The third kappa shape index (κ3) is 6.14. The molecule has 4 rings (SSSR count). The van der Waals surface area contributed by atoms with E-state index in [4.69, 9.17) is 33.3 Å². The van der Waals surface area contributed by atoms with Gasteiger partial charge in [0.25, 0.3) is 11.8 Å². The summed E-state index contributed by atoms with van der Waals surface area (Å²) in [6, 6.07) is 18.8. The van der Waals surface area contributed by atoms with Gasteiger partial charge in [-0.1, -0.05) is 23.7 Å². The summed E-state index contributed by atoms with van der Waals surface area (Å²) in [7, 11) is 1.54. The van der Waals surface area contributed by atoms with E-state index in [0.29, 0.717) is 39.0 Å². The van der Waals surface area contributed by atoms with Gasteiger partial charge in [0.1, 0.15) is 23.7 Å². The van der Waals surface area contributed by atoms with Crippen LogP contribution < -0.4 is 25.0 Å². The van der Waals surface area contributed by atoms with E-state index in [1.165, 1.54) is 17.9 Å². The van der Waals surface area contributed by atoms with Crippen molar-refractivity contribution in [2.24, 2.45) is 0 Å². The van der Waals surface area contributed by atoms with Gasteiger partial charge in [-0.2, -0.15) is 0 Å². The Kier molecular flexibility index (Phi) is 7.86. The Morgan fingerprint density at radius 1 is 1.11 bits per heavy atom. The number of carbonyl (C=O) groups is 3. The number of anilines is 2. The molecule has 3 aromatic rings. The number of amides is 3. The van der Waals surface area contributed by atoms with Crippen molar-refractivity contribution in [2.75, 3.05) is 17.3 Å². The van der Waals surface area contributed by atoms with Crippen LogP contribution in [-0.2, 0) is 21.0 Å². The fourth-order valence-corrected chi connectivity index (χ4v) is 4.14. The molecule has 0 unspecified atom stereocenters. The normalized spacial score (nSPS) is 14.4. The third-order valence-corrected chi connectivity index (χ3v) is 5.87. The number of benzene rings is 3. The Bertz CT molecular complexity index is 1420. The maximum absolute atomic E-state index is 13.3. The lowest BCUT2D eigenvalue weighted by Crippen LogP contribution is -2.54. The molecular formula is C27H22ClN3O5S. The summed E-state index contributed by atoms with van der Waals surface area (Å²) in [6.45, 7) is 1.60. The van der Waals surface area contributed by atoms with E-state index < -0.39 is 11.8 Å². The summed E-state index contributed by atoms with van der Waals surface area (Å²) in [5.41, 5.74) is 2.32. The van der Waals surface area contributed by atoms with Crippen molar-refractivity contribution in [1.82, 2.24) is 5.32 Å². The lowest BCUT2D eigenvalue weighted by molar-refractivity contribution is -0.122. The standard InChI is InChI=1S/C27H22ClN3O5S/c1-16(32)29-20-7-9-22(10-8-20)36-15-18-12-17(6-11-24(18)35-2)13-23-25(33)30-27(37)31(26(23)34)21-5-3-4-19(28)14-21/h3-14H,15H2,1-2H3,(H,29,32)(H,30,33,37). The number of thiocarbonyl (C=S) groups is 1. The van der Waals surface area contributed by atoms with Gasteiger partial charge in [-0.25, -0.2) is 0 Å². The number of methoxy groups -OCH3 is 1. The van der Waals surface area contributed by atoms with Crippen molar-refractivity contribution in [3.05, 3.63) is 88.5 Å². The van der Waals surface area contributed by atoms with Crippen LogP contribution in [-0.4, -0.2) is 29.9 Å². The molecule has 0 aromatic heterocycles. The van der Waals surface area contributed by atoms with E-state index in [-0.39, 0.29) is 23.2 Å². The monoisotopic (exact) mass is 535 g/mol. The Morgan fingerprint density at radius 2 is 1.86 bits per heavy atom. The average Bonchev–Trinajstić information content (AvgIpc) is 2.86. The third-order valence-electron chi connectivity index (χ3n) is 5.35. The fourth-order valence-electron chi connectivity index (χ4n) is 3.67. The van der Waals surface area contributed by atoms with Gasteiger partial charge in [-0.05, 0) is 78.5 Å². The molecule has 8 nitrogen and oxygen atoms in total. The van der Waals surface area contributed by atoms with Crippen molar-refractivity contribution >= 4 is 64.1 Å². The predicted octanol–water partition coefficient (Wildman–Crippen LogP) is 4.72. The van der Waals surface area contributed by atoms with Crippen LogP contribution >= 0.6 is 23.8 Å². The lowest BCUT2D eigenvalue weighted by atomic mass is 10.0. The van der Waals surface area contributed by atoms with Crippen LogP contribution in [0.1, 0.15) is 18.1 Å². The van der Waals surface area contributed by atoms with Gasteiger partial charge in [0.15, 0.2) is 5.11 Å². The minimum Gasteiger partial charge on any atom is -0.496 e. The van der Waals surface area contributed by atoms with Crippen LogP contribution in [0.2, 0.25) is 5.02 Å². The fraction of sp³-hybridized carbons (Fsp3) is 0.111. The highest BCUT2D eigenvalue weighted by Gasteiger charge is 2.34. The summed E-state index contributed by atoms with van der Waals surface area (Å²) >= 11 is 11.3. The molecule has 3 amide bonds. The average molecular weight is 536 g/mol. The Morgan fingerprint density at radius 3 is 2.54 bits per heavy atom. The van der Waals surface area contributed by atoms with Crippen molar-refractivity contribution in [3.63, 3.8) is 0 Å². The molecule has 0 aliphatic carbocycles. The molecule has 3 aromatic carbocycles. The molecule has 1 saturated heterocycles. The molecule has 10 heteroatoms. The first kappa shape index (κ1) is 25.9. The smallest absolute Gasteiger partial charge is 0.270 e. The molecule has 0 radical (unpaired) electrons. The van der Waals surface area contributed by atoms with Crippen LogP contribution in [0.5, 0.6) is 11.5 Å². The van der Waals surface area contributed by atoms with Gasteiger partial charge in [0.2, 0.25) is 5.91 Å². The molecule has 2 N–H and O–H groups in total. The molecule has 1 aliphatic rings. The van der Waals surface area contributed by atoms with Crippen LogP contribution in [0.4, 0.5) is 11.4 Å². The summed E-state index contributed by atoms with van der Waals surface area (Å²) in [4.78, 5) is 38.3. The van der Waals surface area contributed by atoms with Gasteiger partial charge >= 0.3 is 0 Å². The SMILES string of the molecule is COc1ccc(C=C2C(=O)NC(=S)N(c3cccc(Cl)c3)C2=O)cc1COc1ccc(NC(C)=O)cc1. The predicted molar refractivity (Wildman–Crippen MR) is 146 cm³/mol. The van der Waals surface area contributed by atoms with Crippen molar-refractivity contribution in [3.8, 4) is 11.5 Å². The Labute approximate surface area is 223 Å². The molecule has 188 valence electrons. The highest BCUT2D eigenvalue weighted by Crippen LogP contribution is 2.27. The van der Waals surface area contributed by atoms with E-state index in [9.17, 15) is 14.4 Å². The Balaban J connectivity index is 1.57. The number of ether oxygens (including phenoxy) is 2. The number of halogens is 1. The maximum Gasteiger partial charge on any atom is 0.270 e. The minimum atomic E-state index is -0.596. The number of nitrogens with zero attached hydrogens (tertiary/aromatic N) is 1. The van der Waals surface area contributed by atoms with E-state index >= 15 is 0 Å². The molecule has 1 fully saturated rings. The minimum absolute atomic E-state index is 0.0252. The van der Waals surface area contributed by atoms with Crippen LogP contribution in [0.15, 0.2) is 72.3 Å². The largest absolute Gasteiger partial charge is 0.496 e. The molecule has 1 aliphatic heterocycles. The molecule has 37 heavy (non-hydrogen) atoms. The number of hydrogen-bond donors (Lipinski definition) is 2. The highest BCUT2D eigenvalue weighted by molar-refractivity contribution is 7.80. The van der Waals surface area contributed by atoms with Gasteiger partial charge in [-0.3, -0.25) is 24.6 Å². The van der Waals surface area contributed by atoms with Gasteiger partial charge < -0.3 is 14.8 Å². The summed E-state index contributed by atoms with van der Waals surface area (Å²) in [5.74, 6) is -0.150. The van der Waals surface area contributed by atoms with Crippen LogP contribution in [0.25, 0.3) is 6.08 Å². The molecule has 0 saturated carbocycles. The number of carbonyl (C=O) groups excluding carboxylic acids is 3. The summed E-state index contributed by atoms with van der Waals surface area (Å²) in [6.07, 6.45) is 1.49. The second-order valence-electron chi connectivity index (χ2n) is 8.00. The Hall–Kier alpha value is -4.21. The van der Waals surface area contributed by atoms with Crippen LogP contribution in [0, 0.1) is 0 Å². The van der Waals surface area contributed by atoms with E-state index in [1.54, 1.807) is 73.8 Å². The van der Waals surface area contributed by atoms with Crippen molar-refractivity contribution in [2.45, 2.75) is 13.5 Å². The lowest BCUT2D eigenvalue weighted by Gasteiger charge is -2.29. The van der Waals surface area contributed by atoms with E-state index in [0.717, 1.165) is 0 Å². The second-order valence-corrected chi connectivity index (χ2v) is 8.83. The van der Waals surface area contributed by atoms with E-state index in [1.807, 2.05) is 0 Å². The maximum atomic E-state index is 13.3. The van der Waals surface area contributed by atoms with Crippen molar-refractivity contribution in [1.29, 1.82) is 0 Å². The zero-order valence-electron chi connectivity index (χ0n) is 19.9. The number of rotatable bonds is 7. The van der Waals surface area contributed by atoms with Crippen molar-refractivity contribution < 1.29 is 23.9 Å². The molecule has 1 heterocycles. The van der Waals surface area contributed by atoms with E-state index in [2.05, 4.69) is 10.6 Å². The second kappa shape index (κ2) is 11.2. The zero-order chi connectivity index (χ0) is 26.5. The quantitative estimate of drug-likeness (QED) is 0.258. The highest BCUT2D eigenvalue weighted by atomic mass is 35.5. The molecule has 0 spiro atoms. The first-order valence-corrected chi connectivity index (χ1v) is 11.9. The first-order chi connectivity index (χ1) is 17.7. The van der Waals surface area contributed by atoms with Gasteiger partial charge in [0.05, 0.1) is 12.8 Å². The topological polar surface area (TPSA) is 97.0 Å². The number of nitrogens with one attached hydrogen (secondary N) is 2. The van der Waals surface area contributed by atoms with Gasteiger partial charge in [0, 0.05) is 23.2 Å². The summed E-state index contributed by atoms with van der Waals surface area (Å²) in [5, 5.41) is 5.66. The first-order valence-electron chi connectivity index (χ1n) is 11.1. The molecule has 0 atom stereocenters. The summed E-state index contributed by atoms with van der Waals surface area (Å²) < 4.78 is 11.3. The molecule has 0 bridgehead atoms. The zero-order valence-corrected chi connectivity index (χ0v) is 21.5. The van der Waals surface area contributed by atoms with Gasteiger partial charge in [-0.15, -0.1) is 0 Å². The number of hydrogen-bond acceptors (Lipinski definition) is 6. The van der Waals surface area contributed by atoms with Crippen LogP contribution in [0.3, 0.4) is 0 Å².